The van der Waals surface area contributed by atoms with Gasteiger partial charge in [-0.15, -0.1) is 0 Å². The van der Waals surface area contributed by atoms with Crippen LogP contribution in [0, 0.1) is 0 Å². The second-order valence-corrected chi connectivity index (χ2v) is 15.0. The minimum atomic E-state index is -2.44. The Hall–Kier alpha value is -2.89. The molecule has 0 spiro atoms. The number of benzene rings is 4. The van der Waals surface area contributed by atoms with E-state index in [0.29, 0.717) is 7.25 Å². The second kappa shape index (κ2) is 8.57. The molecule has 0 aromatic heterocycles. The van der Waals surface area contributed by atoms with Crippen molar-refractivity contribution in [2.24, 2.45) is 0 Å². The number of fused-ring (bicyclic) bond motifs is 3. The van der Waals surface area contributed by atoms with E-state index in [1.807, 2.05) is 0 Å². The molecule has 2 aliphatic rings. The molecule has 4 aromatic carbocycles. The summed E-state index contributed by atoms with van der Waals surface area (Å²) in [6.45, 7) is 0. The topological polar surface area (TPSA) is 0 Å². The first kappa shape index (κ1) is 19.8. The number of rotatable bonds is 4. The molecule has 152 valence electrons. The Balaban J connectivity index is 1.72. The zero-order valence-corrected chi connectivity index (χ0v) is 20.3. The fraction of sp³-hybridized carbons (Fsp3) is 0.0645. The molecule has 0 saturated carbocycles. The molecule has 0 saturated heterocycles. The van der Waals surface area contributed by atoms with Gasteiger partial charge < -0.3 is 0 Å². The average Bonchev–Trinajstić information content (AvgIpc) is 3.51. The van der Waals surface area contributed by atoms with Gasteiger partial charge in [0.1, 0.15) is 0 Å². The van der Waals surface area contributed by atoms with Gasteiger partial charge >= 0.3 is 199 Å². The van der Waals surface area contributed by atoms with Crippen LogP contribution in [-0.4, -0.2) is 3.21 Å². The Kier molecular flexibility index (Phi) is 5.29. The summed E-state index contributed by atoms with van der Waals surface area (Å²) in [7, 11) is 0. The van der Waals surface area contributed by atoms with Gasteiger partial charge in [-0.05, 0) is 0 Å². The molecule has 0 aliphatic heterocycles. The molecule has 0 heterocycles. The van der Waals surface area contributed by atoms with Crippen LogP contribution in [0.5, 0.6) is 0 Å². The maximum atomic E-state index is 2.46. The average molecular weight is 488 g/mol. The first-order valence-electron chi connectivity index (χ1n) is 11.3. The zero-order valence-electron chi connectivity index (χ0n) is 17.9. The Morgan fingerprint density at radius 2 is 0.938 bits per heavy atom. The summed E-state index contributed by atoms with van der Waals surface area (Å²) in [4.78, 5) is 0. The third kappa shape index (κ3) is 3.37. The predicted octanol–water partition coefficient (Wildman–Crippen LogP) is 7.56. The Bertz CT molecular complexity index is 1260. The van der Waals surface area contributed by atoms with Gasteiger partial charge in [-0.1, -0.05) is 0 Å². The normalized spacial score (nSPS) is 14.4. The van der Waals surface area contributed by atoms with Crippen LogP contribution >= 0.6 is 0 Å². The second-order valence-electron chi connectivity index (χ2n) is 8.47. The molecule has 0 bridgehead atoms. The fourth-order valence-electron chi connectivity index (χ4n) is 5.34. The van der Waals surface area contributed by atoms with Crippen LogP contribution in [0.1, 0.15) is 25.9 Å². The minimum absolute atomic E-state index is 0.498. The van der Waals surface area contributed by atoms with E-state index in [1.165, 1.54) is 33.4 Å². The molecule has 0 radical (unpaired) electrons. The molecule has 6 rings (SSSR count). The fourth-order valence-corrected chi connectivity index (χ4v) is 14.7. The van der Waals surface area contributed by atoms with Crippen molar-refractivity contribution in [1.29, 1.82) is 0 Å². The quantitative estimate of drug-likeness (QED) is 0.279. The van der Waals surface area contributed by atoms with Crippen molar-refractivity contribution >= 4 is 3.21 Å². The van der Waals surface area contributed by atoms with Crippen LogP contribution in [0.15, 0.2) is 133 Å². The van der Waals surface area contributed by atoms with Crippen molar-refractivity contribution in [2.45, 2.75) is 7.25 Å². The molecule has 0 unspecified atom stereocenters. The van der Waals surface area contributed by atoms with Gasteiger partial charge in [0.25, 0.3) is 0 Å². The van der Waals surface area contributed by atoms with Gasteiger partial charge in [-0.2, -0.15) is 0 Å². The summed E-state index contributed by atoms with van der Waals surface area (Å²) in [5.74, 6) is 0. The van der Waals surface area contributed by atoms with Gasteiger partial charge in [0.15, 0.2) is 0 Å². The van der Waals surface area contributed by atoms with E-state index in [2.05, 4.69) is 133 Å². The van der Waals surface area contributed by atoms with Gasteiger partial charge in [0.2, 0.25) is 0 Å². The van der Waals surface area contributed by atoms with Crippen molar-refractivity contribution in [3.8, 4) is 11.1 Å². The standard InChI is InChI=1S/C13H9.C13H10.C5H5.Zr/c1-3-7-12-10(5-1)9-11-6-2-4-8-13(11)12;1-3-7-12(8-4-1)11-13-9-5-2-6-10-13;1-2-4-5-3-1;/h1-9H;1-10H;1-5H;. The molecule has 32 heavy (non-hydrogen) atoms. The monoisotopic (exact) mass is 486 g/mol. The van der Waals surface area contributed by atoms with Crippen molar-refractivity contribution < 1.29 is 21.3 Å². The van der Waals surface area contributed by atoms with Crippen LogP contribution < -0.4 is 0 Å². The molecule has 0 amide bonds. The van der Waals surface area contributed by atoms with Crippen molar-refractivity contribution in [3.63, 3.8) is 0 Å². The maximum absolute atomic E-state index is 2.46. The number of hydrogen-bond donors (Lipinski definition) is 0. The summed E-state index contributed by atoms with van der Waals surface area (Å²) < 4.78 is 2.65. The van der Waals surface area contributed by atoms with Crippen LogP contribution in [0.3, 0.4) is 0 Å². The van der Waals surface area contributed by atoms with Crippen LogP contribution in [0.25, 0.3) is 11.1 Å². The van der Waals surface area contributed by atoms with E-state index < -0.39 is 21.3 Å². The van der Waals surface area contributed by atoms with Gasteiger partial charge in [-0.25, -0.2) is 0 Å². The Morgan fingerprint density at radius 3 is 1.44 bits per heavy atom. The van der Waals surface area contributed by atoms with Crippen LogP contribution in [0.2, 0.25) is 3.63 Å². The van der Waals surface area contributed by atoms with E-state index in [1.54, 1.807) is 3.21 Å². The molecule has 0 atom stereocenters. The number of allylic oxidation sites excluding steroid dienone is 4. The van der Waals surface area contributed by atoms with Gasteiger partial charge in [0.05, 0.1) is 0 Å². The zero-order chi connectivity index (χ0) is 21.3. The van der Waals surface area contributed by atoms with Crippen LogP contribution in [0.4, 0.5) is 0 Å². The summed E-state index contributed by atoms with van der Waals surface area (Å²) in [5, 5.41) is 0. The summed E-state index contributed by atoms with van der Waals surface area (Å²) in [6, 6.07) is 40.5. The molecule has 1 heteroatoms. The Labute approximate surface area is 197 Å². The van der Waals surface area contributed by atoms with Gasteiger partial charge in [0, 0.05) is 0 Å². The molecular weight excluding hydrogens is 464 g/mol. The first-order chi connectivity index (χ1) is 15.9. The Morgan fingerprint density at radius 1 is 0.500 bits per heavy atom. The van der Waals surface area contributed by atoms with E-state index in [9.17, 15) is 0 Å². The summed E-state index contributed by atoms with van der Waals surface area (Å²) >= 11 is -2.44. The molecule has 0 nitrogen and oxygen atoms in total. The summed E-state index contributed by atoms with van der Waals surface area (Å²) in [5.41, 5.74) is 8.70. The van der Waals surface area contributed by atoms with Crippen molar-refractivity contribution in [2.75, 3.05) is 0 Å². The molecule has 0 N–H and O–H groups in total. The van der Waals surface area contributed by atoms with E-state index in [-0.39, 0.29) is 0 Å². The molecule has 0 fully saturated rings. The summed E-state index contributed by atoms with van der Waals surface area (Å²) in [6.07, 6.45) is 9.44. The first-order valence-corrected chi connectivity index (χ1v) is 15.4. The third-order valence-electron chi connectivity index (χ3n) is 6.67. The van der Waals surface area contributed by atoms with E-state index >= 15 is 0 Å². The molecule has 2 aliphatic carbocycles. The third-order valence-corrected chi connectivity index (χ3v) is 15.3. The van der Waals surface area contributed by atoms with Crippen molar-refractivity contribution in [1.82, 2.24) is 0 Å². The van der Waals surface area contributed by atoms with E-state index in [0.717, 1.165) is 0 Å². The molecule has 4 aromatic rings. The van der Waals surface area contributed by atoms with E-state index in [4.69, 9.17) is 0 Å². The van der Waals surface area contributed by atoms with Crippen molar-refractivity contribution in [3.05, 3.63) is 156 Å². The predicted molar refractivity (Wildman–Crippen MR) is 132 cm³/mol. The SMILES string of the molecule is C1=C[CH]([Zr](=[C](c2ccccc2)c2ccccc2)[CH]2c3ccccc3-c3ccccc32)C=C1. The van der Waals surface area contributed by atoms with Crippen LogP contribution in [-0.2, 0) is 21.3 Å². The number of hydrogen-bond acceptors (Lipinski definition) is 0. The molecular formula is C31H24Zr. The van der Waals surface area contributed by atoms with Gasteiger partial charge in [-0.3, -0.25) is 0 Å².